The molecule has 2 N–H and O–H groups in total. The molecule has 0 aromatic rings. The highest BCUT2D eigenvalue weighted by Gasteiger charge is 2.46. The zero-order valence-corrected chi connectivity index (χ0v) is 8.83. The number of carboxylic acids is 1. The number of carboxylic acid groups (broad SMARTS) is 1. The molecule has 0 saturated carbocycles. The summed E-state index contributed by atoms with van der Waals surface area (Å²) in [5.74, 6) is -2.15. The molecule has 0 aliphatic rings. The maximum absolute atomic E-state index is 11.2. The fraction of sp³-hybridized carbons (Fsp3) is 0.778. The highest BCUT2D eigenvalue weighted by atomic mass is 16.5. The lowest BCUT2D eigenvalue weighted by atomic mass is 9.80. The monoisotopic (exact) mass is 204 g/mol. The molecule has 5 heteroatoms. The molecule has 0 saturated heterocycles. The number of carbonyl (C=O) groups is 2. The van der Waals surface area contributed by atoms with Crippen molar-refractivity contribution in [3.8, 4) is 0 Å². The highest BCUT2D eigenvalue weighted by Crippen LogP contribution is 2.29. The van der Waals surface area contributed by atoms with Gasteiger partial charge in [-0.1, -0.05) is 0 Å². The van der Waals surface area contributed by atoms with Crippen LogP contribution in [0.1, 0.15) is 27.2 Å². The summed E-state index contributed by atoms with van der Waals surface area (Å²) in [6, 6.07) is 0. The molecule has 0 rings (SSSR count). The van der Waals surface area contributed by atoms with Gasteiger partial charge in [0.25, 0.3) is 0 Å². The first kappa shape index (κ1) is 12.9. The Morgan fingerprint density at radius 1 is 1.29 bits per heavy atom. The summed E-state index contributed by atoms with van der Waals surface area (Å²) >= 11 is 0. The molecular formula is C9H16O5. The minimum atomic E-state index is -1.70. The van der Waals surface area contributed by atoms with Gasteiger partial charge in [0.1, 0.15) is 0 Å². The molecule has 0 aromatic heterocycles. The van der Waals surface area contributed by atoms with E-state index in [9.17, 15) is 14.7 Å². The molecule has 1 atom stereocenters. The molecule has 82 valence electrons. The molecule has 0 fully saturated rings. The summed E-state index contributed by atoms with van der Waals surface area (Å²) in [7, 11) is 1.12. The Bertz CT molecular complexity index is 240. The fourth-order valence-electron chi connectivity index (χ4n) is 1.33. The van der Waals surface area contributed by atoms with Crippen LogP contribution in [-0.4, -0.2) is 34.9 Å². The van der Waals surface area contributed by atoms with Crippen molar-refractivity contribution in [2.24, 2.45) is 5.41 Å². The van der Waals surface area contributed by atoms with E-state index in [4.69, 9.17) is 5.11 Å². The van der Waals surface area contributed by atoms with Gasteiger partial charge in [-0.3, -0.25) is 9.59 Å². The van der Waals surface area contributed by atoms with Crippen molar-refractivity contribution in [3.05, 3.63) is 0 Å². The van der Waals surface area contributed by atoms with Crippen molar-refractivity contribution in [2.45, 2.75) is 32.8 Å². The van der Waals surface area contributed by atoms with Crippen LogP contribution in [0.3, 0.4) is 0 Å². The zero-order valence-electron chi connectivity index (χ0n) is 8.83. The van der Waals surface area contributed by atoms with Crippen LogP contribution in [0.25, 0.3) is 0 Å². The molecular weight excluding hydrogens is 188 g/mol. The average molecular weight is 204 g/mol. The van der Waals surface area contributed by atoms with E-state index in [1.165, 1.54) is 20.8 Å². The van der Waals surface area contributed by atoms with Crippen molar-refractivity contribution in [2.75, 3.05) is 7.11 Å². The molecule has 0 heterocycles. The maximum Gasteiger partial charge on any atom is 0.323 e. The number of hydrogen-bond donors (Lipinski definition) is 2. The zero-order chi connectivity index (χ0) is 11.6. The third kappa shape index (κ3) is 2.99. The number of hydrogen-bond acceptors (Lipinski definition) is 4. The summed E-state index contributed by atoms with van der Waals surface area (Å²) in [5, 5.41) is 18.4. The number of aliphatic carboxylic acids is 1. The summed E-state index contributed by atoms with van der Waals surface area (Å²) in [4.78, 5) is 22.1. The van der Waals surface area contributed by atoms with Gasteiger partial charge < -0.3 is 14.9 Å². The lowest BCUT2D eigenvalue weighted by Crippen LogP contribution is -2.43. The van der Waals surface area contributed by atoms with Crippen LogP contribution in [0.4, 0.5) is 0 Å². The van der Waals surface area contributed by atoms with Crippen molar-refractivity contribution in [1.82, 2.24) is 0 Å². The summed E-state index contributed by atoms with van der Waals surface area (Å²) < 4.78 is 4.39. The van der Waals surface area contributed by atoms with Crippen molar-refractivity contribution in [3.63, 3.8) is 0 Å². The van der Waals surface area contributed by atoms with Crippen LogP contribution in [0, 0.1) is 5.41 Å². The smallest absolute Gasteiger partial charge is 0.323 e. The average Bonchev–Trinajstić information content (AvgIpc) is 1.99. The van der Waals surface area contributed by atoms with E-state index >= 15 is 0 Å². The lowest BCUT2D eigenvalue weighted by Gasteiger charge is -2.28. The Balaban J connectivity index is 4.93. The van der Waals surface area contributed by atoms with Gasteiger partial charge >= 0.3 is 11.9 Å². The second kappa shape index (κ2) is 3.96. The number of aliphatic hydroxyl groups is 1. The van der Waals surface area contributed by atoms with Crippen molar-refractivity contribution >= 4 is 11.9 Å². The third-order valence-corrected chi connectivity index (χ3v) is 1.89. The summed E-state index contributed by atoms with van der Waals surface area (Å²) in [6.07, 6.45) is -0.192. The van der Waals surface area contributed by atoms with E-state index < -0.39 is 23.0 Å². The van der Waals surface area contributed by atoms with E-state index in [2.05, 4.69) is 4.74 Å². The van der Waals surface area contributed by atoms with E-state index in [-0.39, 0.29) is 6.42 Å². The SMILES string of the molecule is COC(=O)C(C)(CC(C)(C)O)C(=O)O. The third-order valence-electron chi connectivity index (χ3n) is 1.89. The Labute approximate surface area is 82.7 Å². The van der Waals surface area contributed by atoms with Gasteiger partial charge in [-0.25, -0.2) is 0 Å². The van der Waals surface area contributed by atoms with Crippen molar-refractivity contribution in [1.29, 1.82) is 0 Å². The number of ether oxygens (including phenoxy) is 1. The first-order valence-corrected chi connectivity index (χ1v) is 4.17. The van der Waals surface area contributed by atoms with Gasteiger partial charge in [0.2, 0.25) is 0 Å². The summed E-state index contributed by atoms with van der Waals surface area (Å²) in [5.41, 5.74) is -2.94. The second-order valence-corrected chi connectivity index (χ2v) is 4.12. The normalized spacial score (nSPS) is 15.8. The van der Waals surface area contributed by atoms with E-state index in [1.54, 1.807) is 0 Å². The topological polar surface area (TPSA) is 83.8 Å². The van der Waals surface area contributed by atoms with Gasteiger partial charge in [0, 0.05) is 6.42 Å². The Kier molecular flexibility index (Phi) is 3.65. The Morgan fingerprint density at radius 2 is 1.71 bits per heavy atom. The predicted octanol–water partition coefficient (Wildman–Crippen LogP) is 0.411. The molecule has 0 aliphatic heterocycles. The van der Waals surface area contributed by atoms with Crippen LogP contribution in [0.2, 0.25) is 0 Å². The standard InChI is InChI=1S/C9H16O5/c1-8(2,13)5-9(3,6(10)11)7(12)14-4/h13H,5H2,1-4H3,(H,10,11). The minimum absolute atomic E-state index is 0.192. The van der Waals surface area contributed by atoms with Gasteiger partial charge in [-0.2, -0.15) is 0 Å². The first-order valence-electron chi connectivity index (χ1n) is 4.17. The van der Waals surface area contributed by atoms with Gasteiger partial charge in [0.05, 0.1) is 12.7 Å². The van der Waals surface area contributed by atoms with E-state index in [0.717, 1.165) is 7.11 Å². The van der Waals surface area contributed by atoms with Gasteiger partial charge in [-0.05, 0) is 20.8 Å². The largest absolute Gasteiger partial charge is 0.480 e. The number of rotatable bonds is 4. The Hall–Kier alpha value is -1.10. The van der Waals surface area contributed by atoms with Crippen LogP contribution >= 0.6 is 0 Å². The molecule has 5 nitrogen and oxygen atoms in total. The lowest BCUT2D eigenvalue weighted by molar-refractivity contribution is -0.169. The molecule has 14 heavy (non-hydrogen) atoms. The number of carbonyl (C=O) groups excluding carboxylic acids is 1. The molecule has 0 amide bonds. The van der Waals surface area contributed by atoms with E-state index in [0.29, 0.717) is 0 Å². The maximum atomic E-state index is 11.2. The highest BCUT2D eigenvalue weighted by molar-refractivity contribution is 5.98. The number of methoxy groups -OCH3 is 1. The fourth-order valence-corrected chi connectivity index (χ4v) is 1.33. The van der Waals surface area contributed by atoms with Crippen LogP contribution in [0.5, 0.6) is 0 Å². The predicted molar refractivity (Wildman–Crippen MR) is 48.7 cm³/mol. The molecule has 0 aromatic carbocycles. The first-order chi connectivity index (χ1) is 6.13. The molecule has 0 aliphatic carbocycles. The summed E-state index contributed by atoms with van der Waals surface area (Å²) in [6.45, 7) is 4.12. The van der Waals surface area contributed by atoms with Gasteiger partial charge in [-0.15, -0.1) is 0 Å². The number of esters is 1. The quantitative estimate of drug-likeness (QED) is 0.512. The van der Waals surface area contributed by atoms with Crippen LogP contribution in [0.15, 0.2) is 0 Å². The van der Waals surface area contributed by atoms with Crippen molar-refractivity contribution < 1.29 is 24.5 Å². The minimum Gasteiger partial charge on any atom is -0.480 e. The van der Waals surface area contributed by atoms with Crippen LogP contribution < -0.4 is 0 Å². The molecule has 0 spiro atoms. The second-order valence-electron chi connectivity index (χ2n) is 4.12. The van der Waals surface area contributed by atoms with Crippen LogP contribution in [-0.2, 0) is 14.3 Å². The van der Waals surface area contributed by atoms with E-state index in [1.807, 2.05) is 0 Å². The molecule has 0 bridgehead atoms. The molecule has 0 radical (unpaired) electrons. The Morgan fingerprint density at radius 3 is 1.93 bits per heavy atom. The van der Waals surface area contributed by atoms with Gasteiger partial charge in [0.15, 0.2) is 5.41 Å². The molecule has 1 unspecified atom stereocenters.